The average Bonchev–Trinajstić information content (AvgIpc) is 2.05. The van der Waals surface area contributed by atoms with E-state index in [0.29, 0.717) is 0 Å². The summed E-state index contributed by atoms with van der Waals surface area (Å²) < 4.78 is 0. The molecular weight excluding hydrogens is 1010 g/mol. The van der Waals surface area contributed by atoms with Crippen LogP contribution in [0.5, 0.6) is 5.75 Å². The van der Waals surface area contributed by atoms with Gasteiger partial charge >= 0.3 is 0 Å². The molecule has 2 unspecified atom stereocenters. The Bertz CT molecular complexity index is 3950. The molecule has 1 saturated carbocycles. The summed E-state index contributed by atoms with van der Waals surface area (Å²) in [5, 5.41) is 2.27. The van der Waals surface area contributed by atoms with Crippen LogP contribution >= 0.6 is 0 Å². The van der Waals surface area contributed by atoms with Crippen LogP contribution in [0.3, 0.4) is 0 Å². The normalized spacial score (nSPS) is 21.8. The van der Waals surface area contributed by atoms with Crippen molar-refractivity contribution in [2.75, 3.05) is 14.9 Å². The van der Waals surface area contributed by atoms with Crippen molar-refractivity contribution in [3.8, 4) is 16.9 Å². The molecule has 0 spiro atoms. The van der Waals surface area contributed by atoms with E-state index in [0.717, 1.165) is 94.1 Å². The molecule has 8 aromatic rings. The molecule has 83 heavy (non-hydrogen) atoms. The SMILES string of the molecule is C=C1B2c3ccc(C(C)(C)C)cc3N(c3cc4c(cc3C)C(C)(C)CCC4(C)C)c3cc(-c4ccc(N(c5ccccc5)c5ccccc5)cc4)cc(c32)N(c2ccc3c(c2)C(C)(C)CCC3(C)C)Oc2cc3c(cc21)C1(C)CCC3(C)C1. The van der Waals surface area contributed by atoms with E-state index in [1.165, 1.54) is 79.6 Å². The summed E-state index contributed by atoms with van der Waals surface area (Å²) in [6.45, 7) is 39.2. The van der Waals surface area contributed by atoms with Gasteiger partial charge in [0.05, 0.1) is 11.4 Å². The molecule has 420 valence electrons. The van der Waals surface area contributed by atoms with Crippen molar-refractivity contribution >= 4 is 68.6 Å². The summed E-state index contributed by atoms with van der Waals surface area (Å²) in [5.74, 6) is 0.887. The van der Waals surface area contributed by atoms with E-state index in [2.05, 4.69) is 270 Å². The predicted molar refractivity (Wildman–Crippen MR) is 354 cm³/mol. The number of hydrogen-bond donors (Lipinski definition) is 0. The molecule has 5 heteroatoms. The fraction of sp³-hybridized carbons (Fsp3) is 0.359. The fourth-order valence-corrected chi connectivity index (χ4v) is 16.3. The molecule has 2 aliphatic heterocycles. The van der Waals surface area contributed by atoms with Gasteiger partial charge < -0.3 is 14.6 Å². The van der Waals surface area contributed by atoms with E-state index in [4.69, 9.17) is 11.4 Å². The Hall–Kier alpha value is -7.24. The van der Waals surface area contributed by atoms with Gasteiger partial charge in [0.25, 0.3) is 0 Å². The van der Waals surface area contributed by atoms with Crippen molar-refractivity contribution in [2.45, 2.75) is 180 Å². The third kappa shape index (κ3) is 8.35. The molecule has 6 aliphatic rings. The lowest BCUT2D eigenvalue weighted by Crippen LogP contribution is -2.53. The van der Waals surface area contributed by atoms with Crippen molar-refractivity contribution in [1.29, 1.82) is 0 Å². The van der Waals surface area contributed by atoms with Gasteiger partial charge in [0, 0.05) is 39.7 Å². The summed E-state index contributed by atoms with van der Waals surface area (Å²) >= 11 is 0. The zero-order valence-electron chi connectivity index (χ0n) is 52.0. The molecule has 2 bridgehead atoms. The smallest absolute Gasteiger partial charge is 0.249 e. The lowest BCUT2D eigenvalue weighted by molar-refractivity contribution is 0.317. The number of anilines is 8. The number of para-hydroxylation sites is 2. The summed E-state index contributed by atoms with van der Waals surface area (Å²) in [5.41, 5.74) is 27.4. The van der Waals surface area contributed by atoms with Gasteiger partial charge in [-0.3, -0.25) is 0 Å². The molecule has 14 rings (SSSR count). The molecule has 1 fully saturated rings. The van der Waals surface area contributed by atoms with Crippen molar-refractivity contribution in [3.05, 3.63) is 214 Å². The molecule has 2 atom stereocenters. The van der Waals surface area contributed by atoms with Crippen LogP contribution in [0.4, 0.5) is 45.5 Å². The first kappa shape index (κ1) is 53.8. The molecule has 0 radical (unpaired) electrons. The van der Waals surface area contributed by atoms with E-state index >= 15 is 0 Å². The zero-order chi connectivity index (χ0) is 58.1. The molecule has 0 N–H and O–H groups in total. The maximum absolute atomic E-state index is 7.94. The van der Waals surface area contributed by atoms with Gasteiger partial charge in [-0.2, -0.15) is 5.06 Å². The highest BCUT2D eigenvalue weighted by molar-refractivity contribution is 7.02. The molecule has 0 aromatic heterocycles. The monoisotopic (exact) mass is 1090 g/mol. The van der Waals surface area contributed by atoms with Crippen LogP contribution in [0.15, 0.2) is 164 Å². The van der Waals surface area contributed by atoms with E-state index in [9.17, 15) is 0 Å². The Morgan fingerprint density at radius 2 is 1.02 bits per heavy atom. The molecule has 0 amide bonds. The maximum atomic E-state index is 7.94. The standard InChI is InChI=1S/C78H84BN3O/c1-49-40-60-62(76(12,13)37-36-74(60,8)9)46-66(49)81-67-43-53(72(3,4)5)28-33-65(67)79-50(2)58-45-63-64(78(15)39-38-77(63,14)48-78)47-70(58)83-82(57-31-32-59-61(44-57)75(10,11)35-34-73(59,6)7)69-42-52(41-68(81)71(69)79)51-26-29-56(30-27-51)80(54-22-18-16-19-23-54)55-24-20-17-21-25-55/h16-33,40-47H,2,34-39,48H2,1,3-15H3. The van der Waals surface area contributed by atoms with Gasteiger partial charge in [-0.25, -0.2) is 0 Å². The molecule has 4 nitrogen and oxygen atoms in total. The highest BCUT2D eigenvalue weighted by atomic mass is 16.7. The van der Waals surface area contributed by atoms with Crippen LogP contribution in [0.25, 0.3) is 16.6 Å². The Morgan fingerprint density at radius 3 is 1.63 bits per heavy atom. The van der Waals surface area contributed by atoms with Crippen LogP contribution in [0.1, 0.15) is 185 Å². The Labute approximate surface area is 496 Å². The summed E-state index contributed by atoms with van der Waals surface area (Å²) in [7, 11) is 0. The van der Waals surface area contributed by atoms with Gasteiger partial charge in [0.15, 0.2) is 5.75 Å². The third-order valence-corrected chi connectivity index (χ3v) is 21.6. The fourth-order valence-electron chi connectivity index (χ4n) is 16.3. The van der Waals surface area contributed by atoms with Crippen LogP contribution in [-0.2, 0) is 37.9 Å². The van der Waals surface area contributed by atoms with Crippen molar-refractivity contribution < 1.29 is 4.84 Å². The largest absolute Gasteiger partial charge is 0.374 e. The number of benzene rings is 8. The first-order chi connectivity index (χ1) is 39.3. The molecule has 4 aliphatic carbocycles. The van der Waals surface area contributed by atoms with Gasteiger partial charge in [0.2, 0.25) is 6.71 Å². The van der Waals surface area contributed by atoms with Crippen LogP contribution in [-0.4, -0.2) is 6.71 Å². The van der Waals surface area contributed by atoms with Gasteiger partial charge in [-0.05, 0) is 241 Å². The predicted octanol–water partition coefficient (Wildman–Crippen LogP) is 19.9. The molecular formula is C78H84BN3O. The van der Waals surface area contributed by atoms with Crippen LogP contribution in [0, 0.1) is 6.92 Å². The number of hydrogen-bond acceptors (Lipinski definition) is 4. The molecule has 8 aromatic carbocycles. The summed E-state index contributed by atoms with van der Waals surface area (Å²) in [4.78, 5) is 13.0. The average molecular weight is 1090 g/mol. The van der Waals surface area contributed by atoms with Gasteiger partial charge in [0.1, 0.15) is 0 Å². The minimum atomic E-state index is -0.200. The van der Waals surface area contributed by atoms with E-state index in [-0.39, 0.29) is 44.6 Å². The Morgan fingerprint density at radius 1 is 0.482 bits per heavy atom. The lowest BCUT2D eigenvalue weighted by atomic mass is 9.33. The Kier molecular flexibility index (Phi) is 11.7. The van der Waals surface area contributed by atoms with E-state index in [1.807, 2.05) is 0 Å². The number of aryl methyl sites for hydroxylation is 1. The first-order valence-electron chi connectivity index (χ1n) is 31.1. The van der Waals surface area contributed by atoms with Crippen LogP contribution < -0.4 is 30.6 Å². The Balaban J connectivity index is 1.08. The molecule has 2 heterocycles. The van der Waals surface area contributed by atoms with E-state index < -0.39 is 0 Å². The lowest BCUT2D eigenvalue weighted by Gasteiger charge is -2.45. The summed E-state index contributed by atoms with van der Waals surface area (Å²) in [6.07, 6.45) is 8.13. The second-order valence-electron chi connectivity index (χ2n) is 30.3. The van der Waals surface area contributed by atoms with Crippen molar-refractivity contribution in [2.24, 2.45) is 0 Å². The van der Waals surface area contributed by atoms with Crippen molar-refractivity contribution in [1.82, 2.24) is 0 Å². The van der Waals surface area contributed by atoms with E-state index in [1.54, 1.807) is 0 Å². The number of rotatable bonds is 6. The minimum Gasteiger partial charge on any atom is -0.374 e. The first-order valence-corrected chi connectivity index (χ1v) is 31.1. The van der Waals surface area contributed by atoms with Gasteiger partial charge in [-0.15, -0.1) is 6.58 Å². The highest BCUT2D eigenvalue weighted by Gasteiger charge is 2.54. The van der Waals surface area contributed by atoms with Crippen molar-refractivity contribution in [3.63, 3.8) is 0 Å². The second-order valence-corrected chi connectivity index (χ2v) is 30.3. The molecule has 0 saturated heterocycles. The zero-order valence-corrected chi connectivity index (χ0v) is 52.0. The van der Waals surface area contributed by atoms with Crippen LogP contribution in [0.2, 0.25) is 0 Å². The summed E-state index contributed by atoms with van der Waals surface area (Å²) in [6, 6.07) is 60.6. The number of fused-ring (bicyclic) bond motifs is 10. The maximum Gasteiger partial charge on any atom is 0.249 e. The topological polar surface area (TPSA) is 19.0 Å². The number of nitrogens with zero attached hydrogens (tertiary/aromatic N) is 3. The highest BCUT2D eigenvalue weighted by Crippen LogP contribution is 2.62. The second kappa shape index (κ2) is 18.1. The minimum absolute atomic E-state index is 0.00163. The quantitative estimate of drug-likeness (QED) is 0.154. The third-order valence-electron chi connectivity index (χ3n) is 21.6. The van der Waals surface area contributed by atoms with Gasteiger partial charge in [-0.1, -0.05) is 168 Å².